The van der Waals surface area contributed by atoms with Crippen LogP contribution in [0.3, 0.4) is 0 Å². The summed E-state index contributed by atoms with van der Waals surface area (Å²) in [7, 11) is 0. The summed E-state index contributed by atoms with van der Waals surface area (Å²) in [5, 5.41) is 7.32. The van der Waals surface area contributed by atoms with Crippen molar-refractivity contribution in [3.63, 3.8) is 0 Å². The molecule has 0 N–H and O–H groups in total. The molecule has 0 radical (unpaired) electrons. The Morgan fingerprint density at radius 3 is 1.91 bits per heavy atom. The van der Waals surface area contributed by atoms with E-state index in [-0.39, 0.29) is 0 Å². The second-order valence-electron chi connectivity index (χ2n) is 9.17. The Hall–Kier alpha value is -2.25. The molecule has 0 aromatic heterocycles. The number of halogens is 2. The summed E-state index contributed by atoms with van der Waals surface area (Å²) in [4.78, 5) is 2.50. The molecule has 0 aliphatic heterocycles. The molecule has 0 atom stereocenters. The van der Waals surface area contributed by atoms with Crippen molar-refractivity contribution >= 4 is 0 Å². The Bertz CT molecular complexity index is 859. The molecule has 0 bridgehead atoms. The Morgan fingerprint density at radius 1 is 0.844 bits per heavy atom. The van der Waals surface area contributed by atoms with Gasteiger partial charge in [0.1, 0.15) is 11.3 Å². The Balaban J connectivity index is 0.000000913. The molecule has 2 fully saturated rings. The minimum absolute atomic E-state index is 0.585. The lowest BCUT2D eigenvalue weighted by molar-refractivity contribution is 0.271. The van der Waals surface area contributed by atoms with E-state index in [9.17, 15) is 8.78 Å². The van der Waals surface area contributed by atoms with E-state index in [1.165, 1.54) is 12.5 Å². The van der Waals surface area contributed by atoms with Gasteiger partial charge >= 0.3 is 0 Å². The van der Waals surface area contributed by atoms with E-state index in [0.717, 1.165) is 62.0 Å². The summed E-state index contributed by atoms with van der Waals surface area (Å²) in [6, 6.07) is 18.0. The Kier molecular flexibility index (Phi) is 8.43. The molecule has 2 saturated carbocycles. The number of nitrogens with zero attached hydrogens (tertiary/aromatic N) is 2. The van der Waals surface area contributed by atoms with Gasteiger partial charge in [-0.1, -0.05) is 55.5 Å². The third-order valence-electron chi connectivity index (χ3n) is 6.52. The number of alkyl halides is 2. The summed E-state index contributed by atoms with van der Waals surface area (Å²) >= 11 is 0. The smallest absolute Gasteiger partial charge is 0.136 e. The molecule has 0 amide bonds. The van der Waals surface area contributed by atoms with E-state index in [0.29, 0.717) is 25.7 Å². The van der Waals surface area contributed by atoms with Gasteiger partial charge in [-0.25, -0.2) is 8.78 Å². The van der Waals surface area contributed by atoms with Crippen molar-refractivity contribution < 1.29 is 8.78 Å². The first kappa shape index (κ1) is 24.4. The molecule has 2 aliphatic rings. The third-order valence-corrected chi connectivity index (χ3v) is 6.52. The number of hydrogen-bond acceptors (Lipinski definition) is 2. The molecule has 2 aliphatic carbocycles. The summed E-state index contributed by atoms with van der Waals surface area (Å²) in [5.41, 5.74) is 1.46. The summed E-state index contributed by atoms with van der Waals surface area (Å²) in [6.45, 7) is 6.73. The minimum Gasteiger partial charge on any atom is -0.303 e. The zero-order valence-electron chi connectivity index (χ0n) is 19.5. The molecular weight excluding hydrogens is 402 g/mol. The van der Waals surface area contributed by atoms with Gasteiger partial charge in [-0.15, -0.1) is 0 Å². The van der Waals surface area contributed by atoms with Crippen LogP contribution < -0.4 is 0 Å². The maximum Gasteiger partial charge on any atom is 0.136 e. The second-order valence-corrected chi connectivity index (χ2v) is 9.17. The summed E-state index contributed by atoms with van der Waals surface area (Å²) in [6.07, 6.45) is 6.23. The van der Waals surface area contributed by atoms with Crippen LogP contribution in [0.5, 0.6) is 0 Å². The number of hydrogen-bond donors (Lipinski definition) is 0. The van der Waals surface area contributed by atoms with Gasteiger partial charge in [-0.2, -0.15) is 5.26 Å². The van der Waals surface area contributed by atoms with Crippen LogP contribution in [0.2, 0.25) is 0 Å². The van der Waals surface area contributed by atoms with Crippen molar-refractivity contribution in [1.29, 1.82) is 5.26 Å². The molecule has 0 spiro atoms. The third kappa shape index (κ3) is 6.39. The molecule has 4 rings (SSSR count). The Morgan fingerprint density at radius 2 is 1.41 bits per heavy atom. The molecule has 0 heterocycles. The SMILES string of the molecule is CC#N.CCCN(CCCc1c(C2(F)CC2)cccc1C1(F)CC1)CCc1ccccc1. The molecular formula is C28H36F2N2. The minimum atomic E-state index is -1.20. The first-order valence-electron chi connectivity index (χ1n) is 12.0. The highest BCUT2D eigenvalue weighted by Crippen LogP contribution is 2.55. The average Bonchev–Trinajstić information content (AvgIpc) is 3.72. The molecule has 2 aromatic carbocycles. The van der Waals surface area contributed by atoms with E-state index in [1.807, 2.05) is 18.2 Å². The predicted octanol–water partition coefficient (Wildman–Crippen LogP) is 7.02. The zero-order chi connectivity index (χ0) is 23.0. The molecule has 172 valence electrons. The molecule has 32 heavy (non-hydrogen) atoms. The fourth-order valence-corrected chi connectivity index (χ4v) is 4.52. The standard InChI is InChI=1S/C26H33F2N.C2H3N/c1-2-18-29(20-13-21-8-4-3-5-9-21)19-7-10-22-23(25(27)14-15-25)11-6-12-24(22)26(28)16-17-26;1-2-3/h3-6,8-9,11-12H,2,7,10,13-20H2,1H3;1H3. The van der Waals surface area contributed by atoms with Crippen LogP contribution in [-0.2, 0) is 24.2 Å². The largest absolute Gasteiger partial charge is 0.303 e. The van der Waals surface area contributed by atoms with E-state index in [1.54, 1.807) is 6.07 Å². The monoisotopic (exact) mass is 438 g/mol. The van der Waals surface area contributed by atoms with Gasteiger partial charge in [0.25, 0.3) is 0 Å². The van der Waals surface area contributed by atoms with Gasteiger partial charge in [-0.05, 0) is 86.7 Å². The van der Waals surface area contributed by atoms with Crippen LogP contribution in [0.15, 0.2) is 48.5 Å². The lowest BCUT2D eigenvalue weighted by atomic mass is 9.90. The van der Waals surface area contributed by atoms with E-state index >= 15 is 0 Å². The maximum atomic E-state index is 15.0. The topological polar surface area (TPSA) is 27.0 Å². The van der Waals surface area contributed by atoms with Crippen LogP contribution in [-0.4, -0.2) is 24.5 Å². The van der Waals surface area contributed by atoms with Gasteiger partial charge in [0, 0.05) is 13.5 Å². The number of benzene rings is 2. The Labute approximate surface area is 192 Å². The average molecular weight is 439 g/mol. The second kappa shape index (κ2) is 11.1. The number of rotatable bonds is 11. The van der Waals surface area contributed by atoms with Crippen molar-refractivity contribution in [1.82, 2.24) is 4.90 Å². The maximum absolute atomic E-state index is 15.0. The van der Waals surface area contributed by atoms with Gasteiger partial charge in [0.05, 0.1) is 6.07 Å². The van der Waals surface area contributed by atoms with Crippen LogP contribution in [0.1, 0.15) is 74.6 Å². The molecule has 4 heteroatoms. The quantitative estimate of drug-likeness (QED) is 0.377. The van der Waals surface area contributed by atoms with E-state index in [4.69, 9.17) is 5.26 Å². The first-order chi connectivity index (χ1) is 15.5. The van der Waals surface area contributed by atoms with Crippen LogP contribution in [0, 0.1) is 11.3 Å². The highest BCUT2D eigenvalue weighted by Gasteiger charge is 2.50. The van der Waals surface area contributed by atoms with E-state index in [2.05, 4.69) is 42.2 Å². The predicted molar refractivity (Wildman–Crippen MR) is 127 cm³/mol. The first-order valence-corrected chi connectivity index (χ1v) is 12.0. The zero-order valence-corrected chi connectivity index (χ0v) is 19.5. The summed E-state index contributed by atoms with van der Waals surface area (Å²) in [5.74, 6) is 0. The molecule has 0 unspecified atom stereocenters. The number of nitriles is 1. The lowest BCUT2D eigenvalue weighted by Gasteiger charge is -2.23. The van der Waals surface area contributed by atoms with E-state index < -0.39 is 11.3 Å². The molecule has 2 nitrogen and oxygen atoms in total. The van der Waals surface area contributed by atoms with Gasteiger partial charge in [0.2, 0.25) is 0 Å². The molecule has 2 aromatic rings. The molecule has 0 saturated heterocycles. The van der Waals surface area contributed by atoms with Crippen molar-refractivity contribution in [2.24, 2.45) is 0 Å². The van der Waals surface area contributed by atoms with Gasteiger partial charge in [-0.3, -0.25) is 0 Å². The van der Waals surface area contributed by atoms with Crippen LogP contribution in [0.4, 0.5) is 8.78 Å². The highest BCUT2D eigenvalue weighted by atomic mass is 19.1. The summed E-state index contributed by atoms with van der Waals surface area (Å²) < 4.78 is 29.9. The highest BCUT2D eigenvalue weighted by molar-refractivity contribution is 5.46. The van der Waals surface area contributed by atoms with Crippen molar-refractivity contribution in [2.75, 3.05) is 19.6 Å². The normalized spacial score (nSPS) is 17.2. The fraction of sp³-hybridized carbons (Fsp3) is 0.536. The van der Waals surface area contributed by atoms with Crippen LogP contribution >= 0.6 is 0 Å². The van der Waals surface area contributed by atoms with Gasteiger partial charge < -0.3 is 4.90 Å². The van der Waals surface area contributed by atoms with Crippen molar-refractivity contribution in [3.8, 4) is 6.07 Å². The van der Waals surface area contributed by atoms with Crippen molar-refractivity contribution in [3.05, 3.63) is 70.8 Å². The van der Waals surface area contributed by atoms with Crippen LogP contribution in [0.25, 0.3) is 0 Å². The van der Waals surface area contributed by atoms with Crippen molar-refractivity contribution in [2.45, 2.75) is 76.6 Å². The lowest BCUT2D eigenvalue weighted by Crippen LogP contribution is -2.28. The fourth-order valence-electron chi connectivity index (χ4n) is 4.52. The van der Waals surface area contributed by atoms with Gasteiger partial charge in [0.15, 0.2) is 0 Å².